The predicted molar refractivity (Wildman–Crippen MR) is 106 cm³/mol. The van der Waals surface area contributed by atoms with Crippen molar-refractivity contribution in [2.45, 2.75) is 67.2 Å². The lowest BCUT2D eigenvalue weighted by Gasteiger charge is -2.38. The van der Waals surface area contributed by atoms with E-state index in [0.29, 0.717) is 6.42 Å². The number of alkyl halides is 1. The van der Waals surface area contributed by atoms with Crippen molar-refractivity contribution < 1.29 is 42.9 Å². The molecule has 0 aromatic carbocycles. The maximum absolute atomic E-state index is 12.7. The van der Waals surface area contributed by atoms with Gasteiger partial charge < -0.3 is 19.3 Å². The molecule has 1 N–H and O–H groups in total. The minimum absolute atomic E-state index is 0.00216. The summed E-state index contributed by atoms with van der Waals surface area (Å²) in [5, 5.41) is 9.63. The van der Waals surface area contributed by atoms with Crippen molar-refractivity contribution in [2.24, 2.45) is 16.2 Å². The van der Waals surface area contributed by atoms with Gasteiger partial charge in [0, 0.05) is 0 Å². The lowest BCUT2D eigenvalue weighted by atomic mass is 9.65. The van der Waals surface area contributed by atoms with Gasteiger partial charge in [0.2, 0.25) is 0 Å². The number of carbonyl (C=O) groups excluding carboxylic acids is 3. The van der Waals surface area contributed by atoms with Gasteiger partial charge in [-0.1, -0.05) is 6.92 Å². The van der Waals surface area contributed by atoms with Crippen molar-refractivity contribution in [1.29, 1.82) is 0 Å². The monoisotopic (exact) mass is 434 g/mol. The van der Waals surface area contributed by atoms with Crippen LogP contribution in [0.1, 0.15) is 67.2 Å². The first-order valence-electron chi connectivity index (χ1n) is 10.1. The fraction of sp³-hybridized carbons (Fsp3) is 0.810. The molecule has 8 nitrogen and oxygen atoms in total. The number of rotatable bonds is 14. The second-order valence-corrected chi connectivity index (χ2v) is 8.53. The average molecular weight is 435 g/mol. The second-order valence-electron chi connectivity index (χ2n) is 8.53. The van der Waals surface area contributed by atoms with Gasteiger partial charge in [-0.05, 0) is 53.9 Å². The van der Waals surface area contributed by atoms with E-state index >= 15 is 0 Å². The first-order valence-corrected chi connectivity index (χ1v) is 10.1. The molecule has 30 heavy (non-hydrogen) atoms. The van der Waals surface area contributed by atoms with Gasteiger partial charge in [0.25, 0.3) is 0 Å². The summed E-state index contributed by atoms with van der Waals surface area (Å²) < 4.78 is 27.1. The van der Waals surface area contributed by atoms with E-state index < -0.39 is 46.8 Å². The lowest BCUT2D eigenvalue weighted by Crippen LogP contribution is -2.44. The molecule has 0 aliphatic rings. The van der Waals surface area contributed by atoms with Gasteiger partial charge in [0.05, 0.1) is 35.9 Å². The minimum atomic E-state index is -1.24. The summed E-state index contributed by atoms with van der Waals surface area (Å²) in [4.78, 5) is 48.2. The van der Waals surface area contributed by atoms with Gasteiger partial charge in [-0.15, -0.1) is 0 Å². The van der Waals surface area contributed by atoms with Gasteiger partial charge in [-0.25, -0.2) is 0 Å². The van der Waals surface area contributed by atoms with Crippen LogP contribution in [-0.4, -0.2) is 55.5 Å². The second kappa shape index (κ2) is 11.9. The molecule has 9 heteroatoms. The number of esters is 3. The van der Waals surface area contributed by atoms with Crippen LogP contribution < -0.4 is 0 Å². The van der Waals surface area contributed by atoms with Gasteiger partial charge in [-0.3, -0.25) is 23.6 Å². The molecule has 0 aromatic rings. The number of aliphatic carboxylic acids is 1. The Kier molecular flexibility index (Phi) is 11.0. The number of halogens is 1. The molecule has 0 saturated carbocycles. The van der Waals surface area contributed by atoms with Gasteiger partial charge in [0.15, 0.2) is 0 Å². The largest absolute Gasteiger partial charge is 0.481 e. The van der Waals surface area contributed by atoms with Crippen LogP contribution in [0.25, 0.3) is 0 Å². The minimum Gasteiger partial charge on any atom is -0.481 e. The summed E-state index contributed by atoms with van der Waals surface area (Å²) in [7, 11) is 0. The fourth-order valence-electron chi connectivity index (χ4n) is 3.41. The van der Waals surface area contributed by atoms with E-state index in [4.69, 9.17) is 14.2 Å². The standard InChI is InChI=1S/C21H35FO8/c1-7-20(5,16(24)25)14-21(6,18(27)28-8-2)13-19(3,4)17(26)30-12-11-29-15(23)9-10-22/h7-14H2,1-6H3,(H,24,25). The summed E-state index contributed by atoms with van der Waals surface area (Å²) in [6, 6.07) is 0. The third-order valence-electron chi connectivity index (χ3n) is 5.11. The molecule has 0 aliphatic carbocycles. The molecule has 0 heterocycles. The van der Waals surface area contributed by atoms with Gasteiger partial charge in [-0.2, -0.15) is 0 Å². The number of carbonyl (C=O) groups is 4. The maximum atomic E-state index is 12.7. The number of carboxylic acids is 1. The molecule has 0 saturated heterocycles. The Morgan fingerprint density at radius 3 is 1.87 bits per heavy atom. The molecule has 0 amide bonds. The Hall–Kier alpha value is -2.19. The Morgan fingerprint density at radius 2 is 1.40 bits per heavy atom. The molecule has 0 radical (unpaired) electrons. The van der Waals surface area contributed by atoms with Crippen LogP contribution in [0.4, 0.5) is 4.39 Å². The predicted octanol–water partition coefficient (Wildman–Crippen LogP) is 3.31. The topological polar surface area (TPSA) is 116 Å². The third kappa shape index (κ3) is 8.28. The van der Waals surface area contributed by atoms with Crippen molar-refractivity contribution in [3.63, 3.8) is 0 Å². The highest BCUT2D eigenvalue weighted by Gasteiger charge is 2.49. The molecule has 0 fully saturated rings. The highest BCUT2D eigenvalue weighted by molar-refractivity contribution is 5.82. The van der Waals surface area contributed by atoms with E-state index in [1.54, 1.807) is 41.5 Å². The number of hydrogen-bond donors (Lipinski definition) is 1. The fourth-order valence-corrected chi connectivity index (χ4v) is 3.41. The average Bonchev–Trinajstić information content (AvgIpc) is 2.64. The van der Waals surface area contributed by atoms with Crippen molar-refractivity contribution in [3.05, 3.63) is 0 Å². The first kappa shape index (κ1) is 27.8. The zero-order valence-corrected chi connectivity index (χ0v) is 18.8. The highest BCUT2D eigenvalue weighted by Crippen LogP contribution is 2.45. The van der Waals surface area contributed by atoms with Crippen molar-refractivity contribution >= 4 is 23.9 Å². The zero-order valence-electron chi connectivity index (χ0n) is 18.8. The van der Waals surface area contributed by atoms with Crippen molar-refractivity contribution in [3.8, 4) is 0 Å². The Balaban J connectivity index is 5.31. The van der Waals surface area contributed by atoms with Crippen molar-refractivity contribution in [1.82, 2.24) is 0 Å². The summed E-state index contributed by atoms with van der Waals surface area (Å²) in [6.45, 7) is 8.59. The normalized spacial score (nSPS) is 15.4. The van der Waals surface area contributed by atoms with Crippen LogP contribution in [0.3, 0.4) is 0 Å². The molecule has 0 spiro atoms. The van der Waals surface area contributed by atoms with E-state index in [-0.39, 0.29) is 39.1 Å². The van der Waals surface area contributed by atoms with Crippen LogP contribution in [0.5, 0.6) is 0 Å². The zero-order chi connectivity index (χ0) is 23.6. The first-order chi connectivity index (χ1) is 13.8. The Morgan fingerprint density at radius 1 is 0.833 bits per heavy atom. The SMILES string of the molecule is CCOC(=O)C(C)(CC(C)(C)C(=O)OCCOC(=O)CCF)CC(C)(CC)C(=O)O. The third-order valence-corrected chi connectivity index (χ3v) is 5.11. The van der Waals surface area contributed by atoms with Crippen LogP contribution in [0, 0.1) is 16.2 Å². The van der Waals surface area contributed by atoms with E-state index in [0.717, 1.165) is 0 Å². The highest BCUT2D eigenvalue weighted by atomic mass is 19.1. The van der Waals surface area contributed by atoms with Gasteiger partial charge in [0.1, 0.15) is 13.2 Å². The lowest BCUT2D eigenvalue weighted by molar-refractivity contribution is -0.168. The molecular weight excluding hydrogens is 399 g/mol. The van der Waals surface area contributed by atoms with Crippen LogP contribution in [0.15, 0.2) is 0 Å². The molecule has 0 rings (SSSR count). The number of hydrogen-bond acceptors (Lipinski definition) is 7. The Bertz CT molecular complexity index is 618. The molecule has 0 aliphatic heterocycles. The van der Waals surface area contributed by atoms with E-state index in [1.807, 2.05) is 0 Å². The van der Waals surface area contributed by atoms with Crippen molar-refractivity contribution in [2.75, 3.05) is 26.5 Å². The summed E-state index contributed by atoms with van der Waals surface area (Å²) >= 11 is 0. The molecule has 0 aromatic heterocycles. The van der Waals surface area contributed by atoms with Crippen LogP contribution >= 0.6 is 0 Å². The summed E-state index contributed by atoms with van der Waals surface area (Å²) in [6.07, 6.45) is -0.0754. The van der Waals surface area contributed by atoms with E-state index in [1.165, 1.54) is 0 Å². The number of carboxylic acid groups (broad SMARTS) is 1. The van der Waals surface area contributed by atoms with Crippen LogP contribution in [-0.2, 0) is 33.4 Å². The number of ether oxygens (including phenoxy) is 3. The van der Waals surface area contributed by atoms with E-state index in [2.05, 4.69) is 0 Å². The van der Waals surface area contributed by atoms with E-state index in [9.17, 15) is 28.7 Å². The molecule has 174 valence electrons. The van der Waals surface area contributed by atoms with Gasteiger partial charge >= 0.3 is 23.9 Å². The smallest absolute Gasteiger partial charge is 0.311 e. The molecule has 0 bridgehead atoms. The Labute approximate surface area is 177 Å². The quantitative estimate of drug-likeness (QED) is 0.251. The summed E-state index contributed by atoms with van der Waals surface area (Å²) in [5.41, 5.74) is -3.56. The van der Waals surface area contributed by atoms with Crippen LogP contribution in [0.2, 0.25) is 0 Å². The molecule has 2 unspecified atom stereocenters. The maximum Gasteiger partial charge on any atom is 0.311 e. The summed E-state index contributed by atoms with van der Waals surface area (Å²) in [5.74, 6) is -2.97. The molecule has 2 atom stereocenters. The molecular formula is C21H35FO8.